The molecule has 0 spiro atoms. The van der Waals surface area contributed by atoms with Gasteiger partial charge in [-0.25, -0.2) is 4.68 Å². The zero-order valence-electron chi connectivity index (χ0n) is 12.6. The minimum atomic E-state index is -0.220. The fourth-order valence-electron chi connectivity index (χ4n) is 2.15. The maximum atomic E-state index is 12.4. The Labute approximate surface area is 138 Å². The zero-order chi connectivity index (χ0) is 16.4. The number of halogens is 1. The molecule has 1 aromatic heterocycles. The molecule has 1 heterocycles. The van der Waals surface area contributed by atoms with Crippen molar-refractivity contribution in [1.82, 2.24) is 20.2 Å². The Hall–Kier alpha value is -2.73. The van der Waals surface area contributed by atoms with Crippen molar-refractivity contribution in [2.45, 2.75) is 6.92 Å². The van der Waals surface area contributed by atoms with E-state index in [0.717, 1.165) is 11.1 Å². The van der Waals surface area contributed by atoms with E-state index in [1.807, 2.05) is 25.1 Å². The van der Waals surface area contributed by atoms with E-state index in [9.17, 15) is 4.79 Å². The number of carbonyl (C=O) groups is 1. The Balaban J connectivity index is 1.85. The van der Waals surface area contributed by atoms with E-state index in [1.165, 1.54) is 0 Å². The van der Waals surface area contributed by atoms with Crippen molar-refractivity contribution >= 4 is 23.2 Å². The van der Waals surface area contributed by atoms with Crippen molar-refractivity contribution in [3.8, 4) is 11.4 Å². The summed E-state index contributed by atoms with van der Waals surface area (Å²) < 4.78 is 1.55. The summed E-state index contributed by atoms with van der Waals surface area (Å²) in [6.45, 7) is 1.91. The van der Waals surface area contributed by atoms with Crippen molar-refractivity contribution in [1.29, 1.82) is 0 Å². The summed E-state index contributed by atoms with van der Waals surface area (Å²) in [6.07, 6.45) is 0. The predicted octanol–water partition coefficient (Wildman–Crippen LogP) is 3.09. The van der Waals surface area contributed by atoms with E-state index in [2.05, 4.69) is 20.8 Å². The van der Waals surface area contributed by atoms with Crippen molar-refractivity contribution in [3.05, 3.63) is 58.6 Å². The number of aromatic nitrogens is 4. The van der Waals surface area contributed by atoms with Crippen LogP contribution in [0, 0.1) is 6.92 Å². The number of anilines is 1. The summed E-state index contributed by atoms with van der Waals surface area (Å²) in [7, 11) is 1.75. The third-order valence-corrected chi connectivity index (χ3v) is 3.84. The second-order valence-corrected chi connectivity index (χ2v) is 5.53. The van der Waals surface area contributed by atoms with E-state index in [4.69, 9.17) is 11.6 Å². The molecular weight excluding hydrogens is 314 g/mol. The van der Waals surface area contributed by atoms with Gasteiger partial charge in [-0.05, 0) is 47.2 Å². The van der Waals surface area contributed by atoms with Crippen LogP contribution in [-0.2, 0) is 7.05 Å². The highest BCUT2D eigenvalue weighted by atomic mass is 35.5. The van der Waals surface area contributed by atoms with Crippen LogP contribution >= 0.6 is 11.6 Å². The van der Waals surface area contributed by atoms with E-state index in [-0.39, 0.29) is 5.91 Å². The summed E-state index contributed by atoms with van der Waals surface area (Å²) >= 11 is 6.08. The second-order valence-electron chi connectivity index (χ2n) is 5.12. The average molecular weight is 328 g/mol. The SMILES string of the molecule is Cc1ccc(NC(=O)c2cccc(-c3nnnn3C)c2)cc1Cl. The Kier molecular flexibility index (Phi) is 4.08. The normalized spacial score (nSPS) is 10.6. The molecule has 1 N–H and O–H groups in total. The maximum Gasteiger partial charge on any atom is 0.255 e. The third kappa shape index (κ3) is 3.22. The molecule has 23 heavy (non-hydrogen) atoms. The molecule has 0 saturated heterocycles. The molecule has 0 atom stereocenters. The summed E-state index contributed by atoms with van der Waals surface area (Å²) in [6, 6.07) is 12.5. The predicted molar refractivity (Wildman–Crippen MR) is 88.4 cm³/mol. The maximum absolute atomic E-state index is 12.4. The first-order chi connectivity index (χ1) is 11.0. The Morgan fingerprint density at radius 1 is 1.22 bits per heavy atom. The van der Waals surface area contributed by atoms with Gasteiger partial charge < -0.3 is 5.32 Å². The van der Waals surface area contributed by atoms with Gasteiger partial charge in [-0.1, -0.05) is 29.8 Å². The monoisotopic (exact) mass is 327 g/mol. The van der Waals surface area contributed by atoms with Crippen LogP contribution < -0.4 is 5.32 Å². The van der Waals surface area contributed by atoms with E-state index in [1.54, 1.807) is 36.0 Å². The van der Waals surface area contributed by atoms with Gasteiger partial charge in [0.05, 0.1) is 0 Å². The van der Waals surface area contributed by atoms with Gasteiger partial charge in [0.15, 0.2) is 5.82 Å². The molecule has 3 rings (SSSR count). The Morgan fingerprint density at radius 2 is 2.04 bits per heavy atom. The van der Waals surface area contributed by atoms with Crippen LogP contribution in [0.15, 0.2) is 42.5 Å². The van der Waals surface area contributed by atoms with Crippen LogP contribution in [0.5, 0.6) is 0 Å². The largest absolute Gasteiger partial charge is 0.322 e. The average Bonchev–Trinajstić information content (AvgIpc) is 2.97. The highest BCUT2D eigenvalue weighted by molar-refractivity contribution is 6.31. The molecule has 2 aromatic carbocycles. The molecule has 0 saturated carbocycles. The number of hydrogen-bond acceptors (Lipinski definition) is 4. The van der Waals surface area contributed by atoms with E-state index in [0.29, 0.717) is 22.1 Å². The number of nitrogens with one attached hydrogen (secondary N) is 1. The van der Waals surface area contributed by atoms with Crippen molar-refractivity contribution in [3.63, 3.8) is 0 Å². The molecule has 0 aliphatic carbocycles. The lowest BCUT2D eigenvalue weighted by molar-refractivity contribution is 0.102. The van der Waals surface area contributed by atoms with Gasteiger partial charge in [0.1, 0.15) is 0 Å². The standard InChI is InChI=1S/C16H14ClN5O/c1-10-6-7-13(9-14(10)17)18-16(23)12-5-3-4-11(8-12)15-19-20-21-22(15)2/h3-9H,1-2H3,(H,18,23). The number of aryl methyl sites for hydroxylation is 2. The molecule has 0 aliphatic heterocycles. The van der Waals surface area contributed by atoms with Gasteiger partial charge in [0, 0.05) is 28.9 Å². The minimum Gasteiger partial charge on any atom is -0.322 e. The van der Waals surface area contributed by atoms with Gasteiger partial charge in [0.2, 0.25) is 0 Å². The first kappa shape index (κ1) is 15.2. The minimum absolute atomic E-state index is 0.220. The van der Waals surface area contributed by atoms with Crippen LogP contribution in [0.3, 0.4) is 0 Å². The van der Waals surface area contributed by atoms with Crippen molar-refractivity contribution in [2.24, 2.45) is 7.05 Å². The van der Waals surface area contributed by atoms with Crippen LogP contribution in [0.4, 0.5) is 5.69 Å². The van der Waals surface area contributed by atoms with Gasteiger partial charge in [-0.15, -0.1) is 5.10 Å². The van der Waals surface area contributed by atoms with Gasteiger partial charge in [0.25, 0.3) is 5.91 Å². The Morgan fingerprint density at radius 3 is 2.74 bits per heavy atom. The lowest BCUT2D eigenvalue weighted by Crippen LogP contribution is -2.12. The molecule has 0 fully saturated rings. The van der Waals surface area contributed by atoms with Crippen LogP contribution in [-0.4, -0.2) is 26.1 Å². The molecule has 7 heteroatoms. The quantitative estimate of drug-likeness (QED) is 0.802. The number of hydrogen-bond donors (Lipinski definition) is 1. The fourth-order valence-corrected chi connectivity index (χ4v) is 2.33. The highest BCUT2D eigenvalue weighted by Crippen LogP contribution is 2.21. The number of tetrazole rings is 1. The van der Waals surface area contributed by atoms with Crippen molar-refractivity contribution in [2.75, 3.05) is 5.32 Å². The molecular formula is C16H14ClN5O. The van der Waals surface area contributed by atoms with E-state index >= 15 is 0 Å². The summed E-state index contributed by atoms with van der Waals surface area (Å²) in [4.78, 5) is 12.4. The smallest absolute Gasteiger partial charge is 0.255 e. The second kappa shape index (κ2) is 6.18. The zero-order valence-corrected chi connectivity index (χ0v) is 13.4. The topological polar surface area (TPSA) is 72.7 Å². The molecule has 0 radical (unpaired) electrons. The summed E-state index contributed by atoms with van der Waals surface area (Å²) in [5.74, 6) is 0.375. The number of benzene rings is 2. The highest BCUT2D eigenvalue weighted by Gasteiger charge is 2.11. The number of carbonyl (C=O) groups excluding carboxylic acids is 1. The Bertz CT molecular complexity index is 874. The molecule has 0 bridgehead atoms. The van der Waals surface area contributed by atoms with Gasteiger partial charge in [-0.3, -0.25) is 4.79 Å². The van der Waals surface area contributed by atoms with E-state index < -0.39 is 0 Å². The van der Waals surface area contributed by atoms with Gasteiger partial charge in [-0.2, -0.15) is 0 Å². The van der Waals surface area contributed by atoms with Gasteiger partial charge >= 0.3 is 0 Å². The first-order valence-electron chi connectivity index (χ1n) is 6.95. The first-order valence-corrected chi connectivity index (χ1v) is 7.32. The van der Waals surface area contributed by atoms with Crippen LogP contribution in [0.25, 0.3) is 11.4 Å². The van der Waals surface area contributed by atoms with Crippen LogP contribution in [0.1, 0.15) is 15.9 Å². The third-order valence-electron chi connectivity index (χ3n) is 3.43. The van der Waals surface area contributed by atoms with Crippen molar-refractivity contribution < 1.29 is 4.79 Å². The molecule has 0 unspecified atom stereocenters. The summed E-state index contributed by atoms with van der Waals surface area (Å²) in [5, 5.41) is 14.8. The number of rotatable bonds is 3. The molecule has 6 nitrogen and oxygen atoms in total. The lowest BCUT2D eigenvalue weighted by Gasteiger charge is -2.08. The lowest BCUT2D eigenvalue weighted by atomic mass is 10.1. The molecule has 3 aromatic rings. The summed E-state index contributed by atoms with van der Waals surface area (Å²) in [5.41, 5.74) is 2.90. The fraction of sp³-hybridized carbons (Fsp3) is 0.125. The number of amides is 1. The molecule has 1 amide bonds. The molecule has 116 valence electrons. The molecule has 0 aliphatic rings. The number of nitrogens with zero attached hydrogens (tertiary/aromatic N) is 4. The van der Waals surface area contributed by atoms with Crippen LogP contribution in [0.2, 0.25) is 5.02 Å².